The zero-order valence-electron chi connectivity index (χ0n) is 17.1. The normalized spacial score (nSPS) is 29.9. The second-order valence-electron chi connectivity index (χ2n) is 9.24. The number of fused-ring (bicyclic) bond motifs is 4. The highest BCUT2D eigenvalue weighted by molar-refractivity contribution is 6.19. The van der Waals surface area contributed by atoms with E-state index in [2.05, 4.69) is 13.0 Å². The third-order valence-corrected chi connectivity index (χ3v) is 7.84. The molecule has 0 radical (unpaired) electrons. The molecule has 0 saturated heterocycles. The van der Waals surface area contributed by atoms with Gasteiger partial charge in [0.1, 0.15) is 5.75 Å². The molecule has 2 atom stereocenters. The second kappa shape index (κ2) is 6.88. The summed E-state index contributed by atoms with van der Waals surface area (Å²) in [6.45, 7) is 6.19. The van der Waals surface area contributed by atoms with Crippen LogP contribution in [0.2, 0.25) is 0 Å². The molecule has 6 rings (SSSR count). The van der Waals surface area contributed by atoms with Gasteiger partial charge in [0, 0.05) is 42.3 Å². The number of rotatable bonds is 5. The van der Waals surface area contributed by atoms with Gasteiger partial charge in [-0.2, -0.15) is 0 Å². The summed E-state index contributed by atoms with van der Waals surface area (Å²) in [4.78, 5) is 15.5. The Morgan fingerprint density at radius 3 is 2.86 bits per heavy atom. The second-order valence-corrected chi connectivity index (χ2v) is 9.55. The number of carbonyl (C=O) groups excluding carboxylic acids is 1. The lowest BCUT2D eigenvalue weighted by atomic mass is 9.70. The van der Waals surface area contributed by atoms with Crippen LogP contribution in [-0.4, -0.2) is 36.7 Å². The number of benzene rings is 2. The zero-order chi connectivity index (χ0) is 20.3. The Bertz CT molecular complexity index is 982. The van der Waals surface area contributed by atoms with E-state index in [-0.39, 0.29) is 28.9 Å². The van der Waals surface area contributed by atoms with Crippen molar-refractivity contribution in [2.45, 2.75) is 39.0 Å². The number of amides is 1. The van der Waals surface area contributed by atoms with Crippen LogP contribution < -0.4 is 4.90 Å². The summed E-state index contributed by atoms with van der Waals surface area (Å²) in [6.07, 6.45) is 3.13. The lowest BCUT2D eigenvalue weighted by molar-refractivity contribution is -0.123. The van der Waals surface area contributed by atoms with Gasteiger partial charge < -0.3 is 14.7 Å². The fourth-order valence-corrected chi connectivity index (χ4v) is 6.41. The maximum absolute atomic E-state index is 13.6. The molecule has 4 aliphatic rings. The lowest BCUT2D eigenvalue weighted by Gasteiger charge is -2.38. The average molecular weight is 414 g/mol. The minimum Gasteiger partial charge on any atom is -0.507 e. The van der Waals surface area contributed by atoms with Crippen molar-refractivity contribution in [1.82, 2.24) is 0 Å². The number of carbonyl (C=O) groups is 1. The maximum Gasteiger partial charge on any atom is 0.230 e. The first-order valence-corrected chi connectivity index (χ1v) is 11.2. The van der Waals surface area contributed by atoms with Gasteiger partial charge >= 0.3 is 0 Å². The fourth-order valence-electron chi connectivity index (χ4n) is 6.15. The fraction of sp³-hybridized carbons (Fsp3) is 0.542. The van der Waals surface area contributed by atoms with Crippen LogP contribution in [0.3, 0.4) is 0 Å². The van der Waals surface area contributed by atoms with Crippen LogP contribution in [0, 0.1) is 24.2 Å². The molecule has 2 aromatic carbocycles. The van der Waals surface area contributed by atoms with Gasteiger partial charge in [0.15, 0.2) is 0 Å². The first-order chi connectivity index (χ1) is 14.0. The highest BCUT2D eigenvalue weighted by Gasteiger charge is 2.59. The zero-order valence-corrected chi connectivity index (χ0v) is 17.8. The summed E-state index contributed by atoms with van der Waals surface area (Å²) in [6, 6.07) is 7.73. The van der Waals surface area contributed by atoms with Crippen molar-refractivity contribution in [3.63, 3.8) is 0 Å². The summed E-state index contributed by atoms with van der Waals surface area (Å²) in [5, 5.41) is 12.6. The molecule has 2 bridgehead atoms. The average Bonchev–Trinajstić information content (AvgIpc) is 3.35. The van der Waals surface area contributed by atoms with E-state index < -0.39 is 0 Å². The van der Waals surface area contributed by atoms with E-state index in [1.165, 1.54) is 0 Å². The summed E-state index contributed by atoms with van der Waals surface area (Å²) in [7, 11) is 0. The largest absolute Gasteiger partial charge is 0.507 e. The summed E-state index contributed by atoms with van der Waals surface area (Å²) in [5.41, 5.74) is 3.28. The van der Waals surface area contributed by atoms with E-state index in [0.717, 1.165) is 60.1 Å². The smallest absolute Gasteiger partial charge is 0.230 e. The molecule has 1 amide bonds. The molecule has 0 aromatic heterocycles. The number of aryl methyl sites for hydroxylation is 1. The molecule has 1 aliphatic heterocycles. The molecule has 3 saturated carbocycles. The quantitative estimate of drug-likeness (QED) is 0.703. The van der Waals surface area contributed by atoms with E-state index in [9.17, 15) is 9.90 Å². The van der Waals surface area contributed by atoms with Gasteiger partial charge in [0.25, 0.3) is 0 Å². The monoisotopic (exact) mass is 413 g/mol. The highest BCUT2D eigenvalue weighted by atomic mass is 35.5. The lowest BCUT2D eigenvalue weighted by Crippen LogP contribution is -2.37. The molecule has 1 N–H and O–H groups in total. The molecule has 3 fully saturated rings. The molecular weight excluding hydrogens is 386 g/mol. The molecule has 1 unspecified atom stereocenters. The predicted octanol–water partition coefficient (Wildman–Crippen LogP) is 4.98. The van der Waals surface area contributed by atoms with Gasteiger partial charge in [0.2, 0.25) is 5.91 Å². The van der Waals surface area contributed by atoms with Crippen molar-refractivity contribution in [2.24, 2.45) is 17.3 Å². The Hall–Kier alpha value is -1.78. The van der Waals surface area contributed by atoms with Crippen molar-refractivity contribution in [3.8, 4) is 5.75 Å². The standard InChI is InChI=1S/C24H28ClNO3/c1-3-29-13-24-8-15(9-24)18(10-24)23(28)26-12-16(11-25)22-19(26)7-20(27)17-6-4-5-14(2)21(17)22/h4-7,15-16,18,27H,3,8-13H2,1-2H3/t15?,16-,18?,24?/m1/s1. The number of anilines is 1. The van der Waals surface area contributed by atoms with E-state index in [0.29, 0.717) is 18.3 Å². The molecule has 154 valence electrons. The van der Waals surface area contributed by atoms with Gasteiger partial charge in [-0.1, -0.05) is 18.2 Å². The summed E-state index contributed by atoms with van der Waals surface area (Å²) in [5.74, 6) is 1.52. The molecule has 3 aliphatic carbocycles. The maximum atomic E-state index is 13.6. The van der Waals surface area contributed by atoms with Crippen molar-refractivity contribution in [3.05, 3.63) is 35.4 Å². The SMILES string of the molecule is CCOCC12CC(C1)C(C(=O)N1C[C@@H](CCl)c3c1cc(O)c1cccc(C)c31)C2. The van der Waals surface area contributed by atoms with Crippen LogP contribution in [0.15, 0.2) is 24.3 Å². The number of halogens is 1. The number of aromatic hydroxyl groups is 1. The Labute approximate surface area is 176 Å². The van der Waals surface area contributed by atoms with Crippen LogP contribution in [0.1, 0.15) is 43.2 Å². The van der Waals surface area contributed by atoms with Gasteiger partial charge in [-0.25, -0.2) is 0 Å². The van der Waals surface area contributed by atoms with Crippen LogP contribution in [-0.2, 0) is 9.53 Å². The third-order valence-electron chi connectivity index (χ3n) is 7.46. The van der Waals surface area contributed by atoms with Gasteiger partial charge in [-0.15, -0.1) is 11.6 Å². The van der Waals surface area contributed by atoms with Crippen LogP contribution >= 0.6 is 11.6 Å². The highest BCUT2D eigenvalue weighted by Crippen LogP contribution is 2.62. The molecule has 5 heteroatoms. The van der Waals surface area contributed by atoms with Crippen LogP contribution in [0.5, 0.6) is 5.75 Å². The number of hydrogen-bond acceptors (Lipinski definition) is 3. The number of ether oxygens (including phenoxy) is 1. The Morgan fingerprint density at radius 1 is 1.34 bits per heavy atom. The molecule has 4 nitrogen and oxygen atoms in total. The molecule has 1 heterocycles. The van der Waals surface area contributed by atoms with Gasteiger partial charge in [0.05, 0.1) is 12.3 Å². The summed E-state index contributed by atoms with van der Waals surface area (Å²) >= 11 is 6.36. The van der Waals surface area contributed by atoms with Crippen molar-refractivity contribution >= 4 is 34.0 Å². The van der Waals surface area contributed by atoms with E-state index in [1.807, 2.05) is 24.0 Å². The van der Waals surface area contributed by atoms with E-state index >= 15 is 0 Å². The Balaban J connectivity index is 1.51. The minimum absolute atomic E-state index is 0.0621. The molecule has 2 aromatic rings. The van der Waals surface area contributed by atoms with Crippen molar-refractivity contribution in [1.29, 1.82) is 0 Å². The summed E-state index contributed by atoms with van der Waals surface area (Å²) < 4.78 is 5.70. The molecular formula is C24H28ClNO3. The predicted molar refractivity (Wildman–Crippen MR) is 116 cm³/mol. The Morgan fingerprint density at radius 2 is 2.14 bits per heavy atom. The van der Waals surface area contributed by atoms with E-state index in [1.54, 1.807) is 6.07 Å². The number of nitrogens with zero attached hydrogens (tertiary/aromatic N) is 1. The van der Waals surface area contributed by atoms with Crippen LogP contribution in [0.25, 0.3) is 10.8 Å². The topological polar surface area (TPSA) is 49.8 Å². The van der Waals surface area contributed by atoms with Gasteiger partial charge in [-0.05, 0) is 61.0 Å². The van der Waals surface area contributed by atoms with E-state index in [4.69, 9.17) is 16.3 Å². The Kier molecular flexibility index (Phi) is 4.56. The first kappa shape index (κ1) is 19.2. The van der Waals surface area contributed by atoms with Gasteiger partial charge in [-0.3, -0.25) is 4.79 Å². The number of phenols is 1. The van der Waals surface area contributed by atoms with Crippen molar-refractivity contribution < 1.29 is 14.6 Å². The number of alkyl halides is 1. The molecule has 0 spiro atoms. The molecule has 29 heavy (non-hydrogen) atoms. The number of phenolic OH excluding ortho intramolecular Hbond substituents is 1. The van der Waals surface area contributed by atoms with Crippen molar-refractivity contribution in [2.75, 3.05) is 30.5 Å². The third kappa shape index (κ3) is 2.79. The van der Waals surface area contributed by atoms with Crippen LogP contribution in [0.4, 0.5) is 5.69 Å². The number of hydrogen-bond donors (Lipinski definition) is 1. The minimum atomic E-state index is 0.0621. The first-order valence-electron chi connectivity index (χ1n) is 10.7.